The molecule has 9 heteroatoms. The molecule has 178 valence electrons. The van der Waals surface area contributed by atoms with Crippen molar-refractivity contribution in [1.29, 1.82) is 0 Å². The number of nitrogens with one attached hydrogen (secondary N) is 1. The van der Waals surface area contributed by atoms with E-state index in [-0.39, 0.29) is 29.5 Å². The minimum Gasteiger partial charge on any atom is -0.361 e. The molecule has 0 unspecified atom stereocenters. The molecule has 0 radical (unpaired) electrons. The van der Waals surface area contributed by atoms with Gasteiger partial charge in [0.2, 0.25) is 5.91 Å². The van der Waals surface area contributed by atoms with Crippen LogP contribution < -0.4 is 10.2 Å². The first-order valence-corrected chi connectivity index (χ1v) is 12.2. The molecule has 1 aromatic carbocycles. The van der Waals surface area contributed by atoms with Gasteiger partial charge in [-0.1, -0.05) is 23.4 Å². The first kappa shape index (κ1) is 21.3. The zero-order valence-electron chi connectivity index (χ0n) is 19.3. The lowest BCUT2D eigenvalue weighted by Gasteiger charge is -2.37. The van der Waals surface area contributed by atoms with E-state index < -0.39 is 11.5 Å². The van der Waals surface area contributed by atoms with E-state index in [9.17, 15) is 14.4 Å². The summed E-state index contributed by atoms with van der Waals surface area (Å²) in [6.45, 7) is 4.23. The van der Waals surface area contributed by atoms with Crippen LogP contribution in [0.2, 0.25) is 0 Å². The third-order valence-corrected chi connectivity index (χ3v) is 7.97. The molecule has 0 saturated carbocycles. The number of aryl methyl sites for hydroxylation is 1. The van der Waals surface area contributed by atoms with Gasteiger partial charge in [-0.25, -0.2) is 0 Å². The van der Waals surface area contributed by atoms with E-state index >= 15 is 0 Å². The SMILES string of the molecule is Cc1cc(C(=O)N2CCCNC(=O)[C@H]3C[C@@H]4CCCN4[C@@]34C(=O)N(CC2)c2ccccc24)no1. The van der Waals surface area contributed by atoms with Crippen LogP contribution >= 0.6 is 0 Å². The lowest BCUT2D eigenvalue weighted by molar-refractivity contribution is -0.139. The van der Waals surface area contributed by atoms with E-state index in [1.165, 1.54) is 0 Å². The van der Waals surface area contributed by atoms with E-state index in [2.05, 4.69) is 15.4 Å². The zero-order valence-corrected chi connectivity index (χ0v) is 19.3. The second-order valence-electron chi connectivity index (χ2n) is 9.78. The average molecular weight is 464 g/mol. The van der Waals surface area contributed by atoms with Gasteiger partial charge in [-0.3, -0.25) is 19.3 Å². The van der Waals surface area contributed by atoms with Gasteiger partial charge < -0.3 is 19.6 Å². The Hall–Kier alpha value is -3.20. The van der Waals surface area contributed by atoms with Gasteiger partial charge in [-0.15, -0.1) is 0 Å². The van der Waals surface area contributed by atoms with Gasteiger partial charge in [0.15, 0.2) is 5.69 Å². The van der Waals surface area contributed by atoms with Crippen LogP contribution in [-0.2, 0) is 15.1 Å². The van der Waals surface area contributed by atoms with Crippen molar-refractivity contribution in [2.75, 3.05) is 37.6 Å². The van der Waals surface area contributed by atoms with Gasteiger partial charge >= 0.3 is 0 Å². The lowest BCUT2D eigenvalue weighted by atomic mass is 9.78. The smallest absolute Gasteiger partial charge is 0.276 e. The summed E-state index contributed by atoms with van der Waals surface area (Å²) in [6, 6.07) is 9.73. The van der Waals surface area contributed by atoms with E-state index in [4.69, 9.17) is 4.52 Å². The van der Waals surface area contributed by atoms with Gasteiger partial charge in [-0.05, 0) is 45.2 Å². The number of carbonyl (C=O) groups excluding carboxylic acids is 3. The van der Waals surface area contributed by atoms with Gasteiger partial charge in [0.1, 0.15) is 11.3 Å². The first-order valence-electron chi connectivity index (χ1n) is 12.2. The molecule has 4 aliphatic heterocycles. The molecular weight excluding hydrogens is 434 g/mol. The Balaban J connectivity index is 1.40. The number of aromatic nitrogens is 1. The fraction of sp³-hybridized carbons (Fsp3) is 0.520. The molecular formula is C25H29N5O4. The monoisotopic (exact) mass is 463 g/mol. The Kier molecular flexibility index (Phi) is 4.98. The zero-order chi connectivity index (χ0) is 23.4. The molecule has 2 bridgehead atoms. The second-order valence-corrected chi connectivity index (χ2v) is 9.78. The molecule has 2 aromatic rings. The van der Waals surface area contributed by atoms with E-state index in [0.717, 1.165) is 30.6 Å². The Labute approximate surface area is 198 Å². The van der Waals surface area contributed by atoms with E-state index in [0.29, 0.717) is 44.8 Å². The molecule has 5 heterocycles. The molecule has 4 aliphatic rings. The topological polar surface area (TPSA) is 99.0 Å². The Morgan fingerprint density at radius 2 is 2.00 bits per heavy atom. The highest BCUT2D eigenvalue weighted by molar-refractivity contribution is 6.11. The summed E-state index contributed by atoms with van der Waals surface area (Å²) in [7, 11) is 0. The van der Waals surface area contributed by atoms with E-state index in [1.807, 2.05) is 24.3 Å². The van der Waals surface area contributed by atoms with Crippen LogP contribution in [0, 0.1) is 12.8 Å². The van der Waals surface area contributed by atoms with Gasteiger partial charge in [-0.2, -0.15) is 0 Å². The van der Waals surface area contributed by atoms with Gasteiger partial charge in [0, 0.05) is 49.5 Å². The predicted octanol–water partition coefficient (Wildman–Crippen LogP) is 1.67. The van der Waals surface area contributed by atoms with Crippen molar-refractivity contribution in [2.24, 2.45) is 5.92 Å². The van der Waals surface area contributed by atoms with Crippen molar-refractivity contribution in [1.82, 2.24) is 20.3 Å². The molecule has 3 amide bonds. The maximum Gasteiger partial charge on any atom is 0.276 e. The average Bonchev–Trinajstić information content (AvgIpc) is 3.58. The quantitative estimate of drug-likeness (QED) is 0.691. The maximum absolute atomic E-state index is 14.3. The first-order chi connectivity index (χ1) is 16.5. The van der Waals surface area contributed by atoms with Crippen molar-refractivity contribution < 1.29 is 18.9 Å². The second kappa shape index (κ2) is 7.94. The predicted molar refractivity (Wildman–Crippen MR) is 123 cm³/mol. The fourth-order valence-electron chi connectivity index (χ4n) is 6.55. The molecule has 3 fully saturated rings. The number of rotatable bonds is 1. The summed E-state index contributed by atoms with van der Waals surface area (Å²) in [4.78, 5) is 46.8. The van der Waals surface area contributed by atoms with Crippen molar-refractivity contribution in [2.45, 2.75) is 44.2 Å². The minimum absolute atomic E-state index is 0.0384. The molecule has 1 aromatic heterocycles. The number of nitrogens with zero attached hydrogens (tertiary/aromatic N) is 4. The van der Waals surface area contributed by atoms with Crippen LogP contribution in [0.5, 0.6) is 0 Å². The molecule has 3 atom stereocenters. The summed E-state index contributed by atoms with van der Waals surface area (Å²) in [5, 5.41) is 6.97. The molecule has 3 saturated heterocycles. The Morgan fingerprint density at radius 3 is 2.82 bits per heavy atom. The highest BCUT2D eigenvalue weighted by atomic mass is 16.5. The summed E-state index contributed by atoms with van der Waals surface area (Å²) in [5.74, 6) is -0.170. The molecule has 9 nitrogen and oxygen atoms in total. The summed E-state index contributed by atoms with van der Waals surface area (Å²) < 4.78 is 5.10. The molecule has 1 N–H and O–H groups in total. The van der Waals surface area contributed by atoms with Crippen LogP contribution in [0.25, 0.3) is 0 Å². The third kappa shape index (κ3) is 2.95. The number of hydrogen-bond acceptors (Lipinski definition) is 6. The van der Waals surface area contributed by atoms with Crippen LogP contribution in [0.3, 0.4) is 0 Å². The largest absolute Gasteiger partial charge is 0.361 e. The van der Waals surface area contributed by atoms with Crippen molar-refractivity contribution in [3.8, 4) is 0 Å². The number of carbonyl (C=O) groups is 3. The van der Waals surface area contributed by atoms with Crippen molar-refractivity contribution in [3.63, 3.8) is 0 Å². The van der Waals surface area contributed by atoms with Gasteiger partial charge in [0.25, 0.3) is 11.8 Å². The van der Waals surface area contributed by atoms with Crippen molar-refractivity contribution >= 4 is 23.4 Å². The molecule has 34 heavy (non-hydrogen) atoms. The number of fused-ring (bicyclic) bond motifs is 4. The number of amides is 3. The van der Waals surface area contributed by atoms with Crippen LogP contribution in [-0.4, -0.2) is 71.4 Å². The van der Waals surface area contributed by atoms with Crippen LogP contribution in [0.15, 0.2) is 34.9 Å². The normalized spacial score (nSPS) is 29.2. The standard InChI is InChI=1S/C25H29N5O4/c1-16-14-20(27-34-16)23(32)28-10-5-9-26-22(31)19-15-17-6-4-11-30(17)25(19)18-7-2-3-8-21(18)29(13-12-28)24(25)33/h2-3,7-8,14,17,19H,4-6,9-13,15H2,1H3,(H,26,31)/t17-,19+,25+/m0/s1. The highest BCUT2D eigenvalue weighted by Crippen LogP contribution is 2.56. The number of benzene rings is 1. The summed E-state index contributed by atoms with van der Waals surface area (Å²) in [6.07, 6.45) is 3.38. The Morgan fingerprint density at radius 1 is 1.15 bits per heavy atom. The number of hydrogen-bond donors (Lipinski definition) is 1. The summed E-state index contributed by atoms with van der Waals surface area (Å²) >= 11 is 0. The molecule has 6 rings (SSSR count). The van der Waals surface area contributed by atoms with Gasteiger partial charge in [0.05, 0.1) is 5.92 Å². The highest BCUT2D eigenvalue weighted by Gasteiger charge is 2.67. The third-order valence-electron chi connectivity index (χ3n) is 7.97. The fourth-order valence-corrected chi connectivity index (χ4v) is 6.55. The van der Waals surface area contributed by atoms with Crippen LogP contribution in [0.1, 0.15) is 47.5 Å². The van der Waals surface area contributed by atoms with Crippen molar-refractivity contribution in [3.05, 3.63) is 47.3 Å². The lowest BCUT2D eigenvalue weighted by Crippen LogP contribution is -2.57. The summed E-state index contributed by atoms with van der Waals surface area (Å²) in [5.41, 5.74) is 1.07. The molecule has 1 spiro atoms. The van der Waals surface area contributed by atoms with Crippen LogP contribution in [0.4, 0.5) is 5.69 Å². The Bertz CT molecular complexity index is 1160. The van der Waals surface area contributed by atoms with E-state index in [1.54, 1.807) is 22.8 Å². The minimum atomic E-state index is -0.959. The number of anilines is 1. The number of para-hydroxylation sites is 1. The molecule has 0 aliphatic carbocycles. The maximum atomic E-state index is 14.3.